The number of fused-ring (bicyclic) bond motifs is 1. The van der Waals surface area contributed by atoms with E-state index >= 15 is 0 Å². The molecule has 1 aliphatic heterocycles. The number of para-hydroxylation sites is 1. The normalized spacial score (nSPS) is 13.4. The van der Waals surface area contributed by atoms with Gasteiger partial charge in [0.05, 0.1) is 0 Å². The monoisotopic (exact) mass is 413 g/mol. The second-order valence-corrected chi connectivity index (χ2v) is 8.03. The standard InChI is InChI=1S/C26H27N3O2/c1-18-12-13-22(19(2)16-18)27-26(31)28-23(17-20-8-4-3-5-9-20)25(30)29-15-14-21-10-6-7-11-24(21)29/h3-13,16,23H,14-15,17H2,1-2H3,(H2,27,28,31)/t23-/m1/s1. The van der Waals surface area contributed by atoms with Crippen LogP contribution in [0, 0.1) is 13.8 Å². The number of carbonyl (C=O) groups is 2. The van der Waals surface area contributed by atoms with Crippen molar-refractivity contribution in [3.05, 3.63) is 95.1 Å². The Morgan fingerprint density at radius 3 is 2.48 bits per heavy atom. The van der Waals surface area contributed by atoms with Crippen molar-refractivity contribution in [3.8, 4) is 0 Å². The van der Waals surface area contributed by atoms with E-state index in [2.05, 4.69) is 16.7 Å². The van der Waals surface area contributed by atoms with Crippen LogP contribution in [0.4, 0.5) is 16.2 Å². The highest BCUT2D eigenvalue weighted by Crippen LogP contribution is 2.28. The fourth-order valence-electron chi connectivity index (χ4n) is 4.08. The Kier molecular flexibility index (Phi) is 6.03. The van der Waals surface area contributed by atoms with Crippen LogP contribution >= 0.6 is 0 Å². The van der Waals surface area contributed by atoms with Crippen LogP contribution in [-0.2, 0) is 17.6 Å². The molecule has 3 aromatic rings. The maximum absolute atomic E-state index is 13.5. The van der Waals surface area contributed by atoms with E-state index in [-0.39, 0.29) is 11.9 Å². The maximum Gasteiger partial charge on any atom is 0.319 e. The molecule has 0 saturated heterocycles. The lowest BCUT2D eigenvalue weighted by Gasteiger charge is -2.25. The molecule has 4 rings (SSSR count). The molecule has 3 amide bonds. The zero-order valence-electron chi connectivity index (χ0n) is 17.9. The number of amides is 3. The molecule has 5 heteroatoms. The lowest BCUT2D eigenvalue weighted by atomic mass is 10.0. The van der Waals surface area contributed by atoms with E-state index < -0.39 is 6.04 Å². The van der Waals surface area contributed by atoms with Crippen LogP contribution in [0.25, 0.3) is 0 Å². The average molecular weight is 414 g/mol. The first-order chi connectivity index (χ1) is 15.0. The van der Waals surface area contributed by atoms with E-state index in [0.29, 0.717) is 13.0 Å². The zero-order chi connectivity index (χ0) is 21.8. The van der Waals surface area contributed by atoms with Gasteiger partial charge in [-0.25, -0.2) is 4.79 Å². The maximum atomic E-state index is 13.5. The summed E-state index contributed by atoms with van der Waals surface area (Å²) >= 11 is 0. The number of rotatable bonds is 5. The smallest absolute Gasteiger partial charge is 0.319 e. The third-order valence-corrected chi connectivity index (χ3v) is 5.67. The number of nitrogens with zero attached hydrogens (tertiary/aromatic N) is 1. The molecule has 1 aliphatic rings. The minimum atomic E-state index is -0.667. The first-order valence-corrected chi connectivity index (χ1v) is 10.6. The Morgan fingerprint density at radius 2 is 1.71 bits per heavy atom. The number of benzene rings is 3. The van der Waals surface area contributed by atoms with Crippen LogP contribution in [0.1, 0.15) is 22.3 Å². The van der Waals surface area contributed by atoms with Gasteiger partial charge < -0.3 is 15.5 Å². The summed E-state index contributed by atoms with van der Waals surface area (Å²) in [4.78, 5) is 28.1. The van der Waals surface area contributed by atoms with Crippen LogP contribution in [0.2, 0.25) is 0 Å². The van der Waals surface area contributed by atoms with Crippen molar-refractivity contribution in [1.29, 1.82) is 0 Å². The molecule has 158 valence electrons. The van der Waals surface area contributed by atoms with Gasteiger partial charge in [0, 0.05) is 24.3 Å². The van der Waals surface area contributed by atoms with E-state index in [1.807, 2.05) is 80.6 Å². The fraction of sp³-hybridized carbons (Fsp3) is 0.231. The van der Waals surface area contributed by atoms with Crippen molar-refractivity contribution in [3.63, 3.8) is 0 Å². The van der Waals surface area contributed by atoms with Crippen LogP contribution in [0.15, 0.2) is 72.8 Å². The first-order valence-electron chi connectivity index (χ1n) is 10.6. The lowest BCUT2D eigenvalue weighted by Crippen LogP contribution is -2.50. The minimum absolute atomic E-state index is 0.0930. The Hall–Kier alpha value is -3.60. The third kappa shape index (κ3) is 4.77. The predicted molar refractivity (Wildman–Crippen MR) is 125 cm³/mol. The molecule has 3 aromatic carbocycles. The first kappa shape index (κ1) is 20.7. The summed E-state index contributed by atoms with van der Waals surface area (Å²) in [7, 11) is 0. The van der Waals surface area contributed by atoms with E-state index in [4.69, 9.17) is 0 Å². The van der Waals surface area contributed by atoms with Crippen molar-refractivity contribution in [2.75, 3.05) is 16.8 Å². The molecule has 0 fully saturated rings. The van der Waals surface area contributed by atoms with Crippen molar-refractivity contribution in [2.24, 2.45) is 0 Å². The van der Waals surface area contributed by atoms with Gasteiger partial charge in [-0.15, -0.1) is 0 Å². The molecule has 0 radical (unpaired) electrons. The van der Waals surface area contributed by atoms with Gasteiger partial charge in [0.25, 0.3) is 0 Å². The highest BCUT2D eigenvalue weighted by Gasteiger charge is 2.31. The third-order valence-electron chi connectivity index (χ3n) is 5.67. The number of urea groups is 1. The summed E-state index contributed by atoms with van der Waals surface area (Å²) < 4.78 is 0. The second-order valence-electron chi connectivity index (χ2n) is 8.03. The molecule has 0 saturated carbocycles. The largest absolute Gasteiger partial charge is 0.326 e. The van der Waals surface area contributed by atoms with E-state index in [1.165, 1.54) is 0 Å². The van der Waals surface area contributed by atoms with Gasteiger partial charge >= 0.3 is 6.03 Å². The van der Waals surface area contributed by atoms with Gasteiger partial charge in [0.2, 0.25) is 5.91 Å². The van der Waals surface area contributed by atoms with E-state index in [0.717, 1.165) is 40.0 Å². The minimum Gasteiger partial charge on any atom is -0.326 e. The molecule has 2 N–H and O–H groups in total. The van der Waals surface area contributed by atoms with Gasteiger partial charge in [-0.05, 0) is 49.1 Å². The summed E-state index contributed by atoms with van der Waals surface area (Å²) in [6.07, 6.45) is 1.26. The van der Waals surface area contributed by atoms with Crippen molar-refractivity contribution < 1.29 is 9.59 Å². The summed E-state index contributed by atoms with van der Waals surface area (Å²) in [5, 5.41) is 5.82. The molecular weight excluding hydrogens is 386 g/mol. The SMILES string of the molecule is Cc1ccc(NC(=O)N[C@H](Cc2ccccc2)C(=O)N2CCc3ccccc32)c(C)c1. The molecule has 0 aliphatic carbocycles. The number of anilines is 2. The van der Waals surface area contributed by atoms with Gasteiger partial charge in [0.15, 0.2) is 0 Å². The van der Waals surface area contributed by atoms with Gasteiger partial charge in [-0.1, -0.05) is 66.2 Å². The van der Waals surface area contributed by atoms with Crippen LogP contribution in [0.3, 0.4) is 0 Å². The number of nitrogens with one attached hydrogen (secondary N) is 2. The average Bonchev–Trinajstić information content (AvgIpc) is 3.20. The molecule has 0 spiro atoms. The van der Waals surface area contributed by atoms with Gasteiger partial charge in [0.1, 0.15) is 6.04 Å². The van der Waals surface area contributed by atoms with Crippen molar-refractivity contribution in [1.82, 2.24) is 5.32 Å². The Bertz CT molecular complexity index is 1090. The molecule has 0 bridgehead atoms. The summed E-state index contributed by atoms with van der Waals surface area (Å²) in [5.41, 5.74) is 5.94. The van der Waals surface area contributed by atoms with Crippen LogP contribution < -0.4 is 15.5 Å². The summed E-state index contributed by atoms with van der Waals surface area (Å²) in [6, 6.07) is 22.5. The van der Waals surface area contributed by atoms with Crippen molar-refractivity contribution in [2.45, 2.75) is 32.7 Å². The predicted octanol–water partition coefficient (Wildman–Crippen LogP) is 4.63. The number of carbonyl (C=O) groups excluding carboxylic acids is 2. The Morgan fingerprint density at radius 1 is 0.968 bits per heavy atom. The topological polar surface area (TPSA) is 61.4 Å². The quantitative estimate of drug-likeness (QED) is 0.641. The number of hydrogen-bond donors (Lipinski definition) is 2. The van der Waals surface area contributed by atoms with Crippen LogP contribution in [0.5, 0.6) is 0 Å². The lowest BCUT2D eigenvalue weighted by molar-refractivity contribution is -0.120. The molecule has 1 atom stereocenters. The number of hydrogen-bond acceptors (Lipinski definition) is 2. The molecule has 5 nitrogen and oxygen atoms in total. The molecule has 0 unspecified atom stereocenters. The molecule has 1 heterocycles. The molecule has 31 heavy (non-hydrogen) atoms. The van der Waals surface area contributed by atoms with Gasteiger partial charge in [-0.3, -0.25) is 4.79 Å². The fourth-order valence-corrected chi connectivity index (χ4v) is 4.08. The highest BCUT2D eigenvalue weighted by molar-refractivity contribution is 6.02. The summed E-state index contributed by atoms with van der Waals surface area (Å²) in [5.74, 6) is -0.0930. The zero-order valence-corrected chi connectivity index (χ0v) is 17.9. The van der Waals surface area contributed by atoms with Gasteiger partial charge in [-0.2, -0.15) is 0 Å². The Labute approximate surface area is 183 Å². The molecule has 0 aromatic heterocycles. The van der Waals surface area contributed by atoms with Crippen molar-refractivity contribution >= 4 is 23.3 Å². The summed E-state index contributed by atoms with van der Waals surface area (Å²) in [6.45, 7) is 4.60. The van der Waals surface area contributed by atoms with E-state index in [9.17, 15) is 9.59 Å². The van der Waals surface area contributed by atoms with E-state index in [1.54, 1.807) is 4.90 Å². The molecular formula is C26H27N3O2. The second kappa shape index (κ2) is 9.04. The van der Waals surface area contributed by atoms with Crippen LogP contribution in [-0.4, -0.2) is 24.5 Å². The number of aryl methyl sites for hydroxylation is 2. The Balaban J connectivity index is 1.54. The highest BCUT2D eigenvalue weighted by atomic mass is 16.2.